The first-order valence-electron chi connectivity index (χ1n) is 15.1. The Kier molecular flexibility index (Phi) is 11.6. The number of amides is 4. The summed E-state index contributed by atoms with van der Waals surface area (Å²) in [5.74, 6) is 1.09. The zero-order valence-electron chi connectivity index (χ0n) is 26.4. The quantitative estimate of drug-likeness (QED) is 0.0786. The predicted molar refractivity (Wildman–Crippen MR) is 194 cm³/mol. The van der Waals surface area contributed by atoms with Gasteiger partial charge in [-0.3, -0.25) is 10.6 Å². The zero-order chi connectivity index (χ0) is 33.7. The summed E-state index contributed by atoms with van der Waals surface area (Å²) in [6, 6.07) is 29.9. The van der Waals surface area contributed by atoms with Crippen molar-refractivity contribution in [3.05, 3.63) is 115 Å². The van der Waals surface area contributed by atoms with E-state index in [-0.39, 0.29) is 23.1 Å². The summed E-state index contributed by atoms with van der Waals surface area (Å²) < 4.78 is 0. The minimum absolute atomic E-state index is 0.154. The molecule has 6 aromatic rings. The number of hydrogen-bond acceptors (Lipinski definition) is 8. The summed E-state index contributed by atoms with van der Waals surface area (Å²) in [5.41, 5.74) is 1.40. The molecule has 0 spiro atoms. The fraction of sp³-hybridized carbons (Fsp3) is 0.143. The van der Waals surface area contributed by atoms with Gasteiger partial charge in [-0.05, 0) is 85.0 Å². The monoisotopic (exact) mass is 662 g/mol. The number of nitrogens with one attached hydrogen (secondary N) is 5. The number of hydrogen-bond donors (Lipinski definition) is 5. The van der Waals surface area contributed by atoms with Crippen molar-refractivity contribution >= 4 is 74.3 Å². The summed E-state index contributed by atoms with van der Waals surface area (Å²) in [7, 11) is 4.09. The van der Waals surface area contributed by atoms with E-state index in [2.05, 4.69) is 51.4 Å². The van der Waals surface area contributed by atoms with Crippen molar-refractivity contribution in [3.8, 4) is 0 Å². The topological polar surface area (TPSA) is 149 Å². The second-order valence-electron chi connectivity index (χ2n) is 10.8. The Morgan fingerprint density at radius 1 is 0.646 bits per heavy atom. The minimum Gasteiger partial charge on any atom is -0.370 e. The van der Waals surface area contributed by atoms with Crippen LogP contribution < -0.4 is 26.6 Å². The van der Waals surface area contributed by atoms with Crippen LogP contribution >= 0.6 is 11.6 Å². The molecule has 0 fully saturated rings. The smallest absolute Gasteiger partial charge is 0.326 e. The van der Waals surface area contributed by atoms with Crippen molar-refractivity contribution in [1.29, 1.82) is 0 Å². The molecular formula is C35H35ClN10O2. The first-order chi connectivity index (χ1) is 23.3. The molecule has 0 radical (unpaired) electrons. The molecule has 244 valence electrons. The van der Waals surface area contributed by atoms with Crippen LogP contribution in [0.2, 0.25) is 5.15 Å². The molecular weight excluding hydrogens is 628 g/mol. The molecule has 13 heteroatoms. The van der Waals surface area contributed by atoms with Crippen LogP contribution in [0.25, 0.3) is 21.5 Å². The average Bonchev–Trinajstić information content (AvgIpc) is 3.07. The van der Waals surface area contributed by atoms with Crippen LogP contribution in [0.3, 0.4) is 0 Å². The molecule has 4 amide bonds. The zero-order valence-corrected chi connectivity index (χ0v) is 27.2. The van der Waals surface area contributed by atoms with Crippen molar-refractivity contribution in [1.82, 2.24) is 24.8 Å². The molecule has 0 aliphatic carbocycles. The average molecular weight is 663 g/mol. The van der Waals surface area contributed by atoms with Gasteiger partial charge >= 0.3 is 12.1 Å². The van der Waals surface area contributed by atoms with Crippen molar-refractivity contribution < 1.29 is 9.59 Å². The van der Waals surface area contributed by atoms with Crippen molar-refractivity contribution in [2.75, 3.05) is 53.8 Å². The van der Waals surface area contributed by atoms with Gasteiger partial charge in [0.15, 0.2) is 0 Å². The molecule has 0 atom stereocenters. The van der Waals surface area contributed by atoms with Crippen LogP contribution in [0.15, 0.2) is 109 Å². The van der Waals surface area contributed by atoms with E-state index in [0.29, 0.717) is 17.2 Å². The number of nitrogens with zero attached hydrogens (tertiary/aromatic N) is 5. The molecule has 6 rings (SSSR count). The molecule has 0 aliphatic rings. The lowest BCUT2D eigenvalue weighted by Crippen LogP contribution is -2.21. The van der Waals surface area contributed by atoms with Gasteiger partial charge in [-0.15, -0.1) is 0 Å². The molecule has 0 saturated heterocycles. The first-order valence-corrected chi connectivity index (χ1v) is 15.5. The Morgan fingerprint density at radius 3 is 1.71 bits per heavy atom. The van der Waals surface area contributed by atoms with Crippen LogP contribution in [-0.4, -0.2) is 64.1 Å². The second-order valence-corrected chi connectivity index (χ2v) is 11.2. The molecule has 0 saturated carbocycles. The van der Waals surface area contributed by atoms with Gasteiger partial charge in [-0.25, -0.2) is 24.5 Å². The number of benzene rings is 4. The highest BCUT2D eigenvalue weighted by Crippen LogP contribution is 2.20. The van der Waals surface area contributed by atoms with Crippen LogP contribution in [0.5, 0.6) is 0 Å². The van der Waals surface area contributed by atoms with E-state index < -0.39 is 6.03 Å². The molecule has 0 unspecified atom stereocenters. The lowest BCUT2D eigenvalue weighted by molar-refractivity contribution is 0.261. The van der Waals surface area contributed by atoms with Gasteiger partial charge < -0.3 is 20.9 Å². The number of aromatic nitrogens is 4. The van der Waals surface area contributed by atoms with Gasteiger partial charge in [0.2, 0.25) is 11.9 Å². The van der Waals surface area contributed by atoms with E-state index >= 15 is 0 Å². The highest BCUT2D eigenvalue weighted by atomic mass is 35.5. The van der Waals surface area contributed by atoms with E-state index in [9.17, 15) is 9.59 Å². The van der Waals surface area contributed by atoms with Gasteiger partial charge in [0.1, 0.15) is 11.0 Å². The van der Waals surface area contributed by atoms with Gasteiger partial charge in [0, 0.05) is 30.3 Å². The van der Waals surface area contributed by atoms with E-state index in [4.69, 9.17) is 11.6 Å². The number of rotatable bonds is 9. The Bertz CT molecular complexity index is 2010. The largest absolute Gasteiger partial charge is 0.370 e. The van der Waals surface area contributed by atoms with E-state index in [0.717, 1.165) is 41.1 Å². The minimum atomic E-state index is -0.424. The number of carbonyl (C=O) groups excluding carboxylic acids is 2. The highest BCUT2D eigenvalue weighted by Gasteiger charge is 2.08. The lowest BCUT2D eigenvalue weighted by atomic mass is 10.1. The number of halogens is 1. The molecule has 0 aliphatic heterocycles. The summed E-state index contributed by atoms with van der Waals surface area (Å²) in [5, 5.41) is 18.6. The third kappa shape index (κ3) is 10.3. The maximum Gasteiger partial charge on any atom is 0.326 e. The summed E-state index contributed by atoms with van der Waals surface area (Å²) in [6.45, 7) is 1.80. The first kappa shape index (κ1) is 33.5. The predicted octanol–water partition coefficient (Wildman–Crippen LogP) is 7.56. The number of urea groups is 2. The molecule has 2 aromatic heterocycles. The van der Waals surface area contributed by atoms with E-state index in [1.807, 2.05) is 99.0 Å². The summed E-state index contributed by atoms with van der Waals surface area (Å²) >= 11 is 5.73. The lowest BCUT2D eigenvalue weighted by Gasteiger charge is -2.11. The summed E-state index contributed by atoms with van der Waals surface area (Å²) in [6.07, 6.45) is 4.09. The van der Waals surface area contributed by atoms with Crippen molar-refractivity contribution in [2.45, 2.75) is 6.42 Å². The third-order valence-electron chi connectivity index (χ3n) is 6.83. The van der Waals surface area contributed by atoms with Gasteiger partial charge in [0.05, 0.1) is 0 Å². The van der Waals surface area contributed by atoms with Gasteiger partial charge in [-0.2, -0.15) is 4.98 Å². The van der Waals surface area contributed by atoms with E-state index in [1.165, 1.54) is 12.3 Å². The SMILES string of the molecule is CN(C)CCCNc1ccnc(NC(=O)Nc2ccc3ccccc3c2)n1.O=C(Nc1ccc2ccccc2c1)Nc1nccc(Cl)n1. The maximum atomic E-state index is 12.2. The molecule has 48 heavy (non-hydrogen) atoms. The highest BCUT2D eigenvalue weighted by molar-refractivity contribution is 6.29. The maximum absolute atomic E-state index is 12.2. The van der Waals surface area contributed by atoms with Crippen LogP contribution in [0.1, 0.15) is 6.42 Å². The third-order valence-corrected chi connectivity index (χ3v) is 7.04. The summed E-state index contributed by atoms with van der Waals surface area (Å²) in [4.78, 5) is 42.5. The Morgan fingerprint density at radius 2 is 1.17 bits per heavy atom. The van der Waals surface area contributed by atoms with E-state index in [1.54, 1.807) is 12.3 Å². The Balaban J connectivity index is 0.000000194. The Hall–Kier alpha value is -5.85. The van der Waals surface area contributed by atoms with Crippen LogP contribution in [-0.2, 0) is 0 Å². The van der Waals surface area contributed by atoms with Crippen LogP contribution in [0.4, 0.5) is 38.7 Å². The molecule has 5 N–H and O–H groups in total. The van der Waals surface area contributed by atoms with Crippen molar-refractivity contribution in [3.63, 3.8) is 0 Å². The van der Waals surface area contributed by atoms with Crippen molar-refractivity contribution in [2.24, 2.45) is 0 Å². The number of fused-ring (bicyclic) bond motifs is 2. The number of carbonyl (C=O) groups is 2. The molecule has 0 bridgehead atoms. The number of anilines is 5. The second kappa shape index (κ2) is 16.6. The molecule has 2 heterocycles. The van der Waals surface area contributed by atoms with Crippen LogP contribution in [0, 0.1) is 0 Å². The standard InChI is InChI=1S/C20H24N6O.C15H11ClN4O/c1-26(2)13-5-11-21-18-10-12-22-19(24-18)25-20(27)23-17-9-8-15-6-3-4-7-16(15)14-17;16-13-7-8-17-14(19-13)20-15(21)18-12-6-5-10-3-1-2-4-11(10)9-12/h3-4,6-10,12,14H,5,11,13H2,1-2H3,(H3,21,22,23,24,25,27);1-9H,(H2,17,18,19,20,21). The Labute approximate surface area is 283 Å². The fourth-order valence-electron chi connectivity index (χ4n) is 4.59. The normalized spacial score (nSPS) is 10.6. The molecule has 4 aromatic carbocycles. The molecule has 12 nitrogen and oxygen atoms in total. The fourth-order valence-corrected chi connectivity index (χ4v) is 4.72. The van der Waals surface area contributed by atoms with Gasteiger partial charge in [-0.1, -0.05) is 72.3 Å². The van der Waals surface area contributed by atoms with Gasteiger partial charge in [0.25, 0.3) is 0 Å².